The monoisotopic (exact) mass is 355 g/mol. The van der Waals surface area contributed by atoms with Gasteiger partial charge in [0, 0.05) is 13.2 Å². The van der Waals surface area contributed by atoms with E-state index in [1.54, 1.807) is 0 Å². The molecule has 21 heavy (non-hydrogen) atoms. The summed E-state index contributed by atoms with van der Waals surface area (Å²) in [5, 5.41) is 3.10. The number of halogens is 1. The molecule has 2 aliphatic rings. The van der Waals surface area contributed by atoms with Crippen LogP contribution in [-0.4, -0.2) is 32.0 Å². The Balaban J connectivity index is 1.56. The first kappa shape index (κ1) is 14.5. The van der Waals surface area contributed by atoms with Gasteiger partial charge in [-0.15, -0.1) is 0 Å². The van der Waals surface area contributed by atoms with E-state index in [4.69, 9.17) is 19.9 Å². The lowest BCUT2D eigenvalue weighted by Crippen LogP contribution is -2.37. The molecule has 3 rings (SSSR count). The summed E-state index contributed by atoms with van der Waals surface area (Å²) in [6.45, 7) is 2.29. The lowest BCUT2D eigenvalue weighted by atomic mass is 10.2. The number of nitrogens with two attached hydrogens (primary N) is 1. The number of fused-ring (bicyclic) bond motifs is 1. The molecule has 114 valence electrons. The first-order valence-corrected chi connectivity index (χ1v) is 7.75. The fourth-order valence-electron chi connectivity index (χ4n) is 2.37. The lowest BCUT2D eigenvalue weighted by Gasteiger charge is -2.11. The van der Waals surface area contributed by atoms with E-state index in [1.807, 2.05) is 12.1 Å². The minimum Gasteiger partial charge on any atom is -0.454 e. The van der Waals surface area contributed by atoms with Crippen molar-refractivity contribution in [1.82, 2.24) is 5.32 Å². The van der Waals surface area contributed by atoms with Gasteiger partial charge in [-0.05, 0) is 46.5 Å². The normalized spacial score (nSPS) is 20.8. The van der Waals surface area contributed by atoms with Crippen molar-refractivity contribution in [2.24, 2.45) is 10.7 Å². The Kier molecular flexibility index (Phi) is 4.50. The lowest BCUT2D eigenvalue weighted by molar-refractivity contribution is 0.114. The second-order valence-corrected chi connectivity index (χ2v) is 5.88. The molecular weight excluding hydrogens is 338 g/mol. The number of ether oxygens (including phenoxy) is 3. The molecule has 1 aromatic rings. The highest BCUT2D eigenvalue weighted by molar-refractivity contribution is 9.10. The summed E-state index contributed by atoms with van der Waals surface area (Å²) < 4.78 is 17.1. The highest BCUT2D eigenvalue weighted by atomic mass is 79.9. The van der Waals surface area contributed by atoms with Gasteiger partial charge in [0.15, 0.2) is 17.5 Å². The van der Waals surface area contributed by atoms with E-state index >= 15 is 0 Å². The summed E-state index contributed by atoms with van der Waals surface area (Å²) in [5.41, 5.74) is 6.87. The van der Waals surface area contributed by atoms with Crippen LogP contribution in [-0.2, 0) is 11.3 Å². The molecule has 1 aromatic carbocycles. The number of nitrogens with zero attached hydrogens (tertiary/aromatic N) is 1. The Labute approximate surface area is 131 Å². The van der Waals surface area contributed by atoms with E-state index in [2.05, 4.69) is 26.2 Å². The van der Waals surface area contributed by atoms with Gasteiger partial charge in [-0.1, -0.05) is 0 Å². The highest BCUT2D eigenvalue weighted by Gasteiger charge is 2.18. The number of hydrogen-bond acceptors (Lipinski definition) is 4. The largest absolute Gasteiger partial charge is 0.454 e. The van der Waals surface area contributed by atoms with E-state index < -0.39 is 0 Å². The number of nitrogens with one attached hydrogen (secondary N) is 1. The molecule has 1 fully saturated rings. The molecule has 7 heteroatoms. The summed E-state index contributed by atoms with van der Waals surface area (Å²) in [6, 6.07) is 3.88. The molecule has 3 N–H and O–H groups in total. The molecule has 6 nitrogen and oxygen atoms in total. The average Bonchev–Trinajstić information content (AvgIpc) is 3.14. The minimum absolute atomic E-state index is 0.249. The smallest absolute Gasteiger partial charge is 0.231 e. The van der Waals surface area contributed by atoms with E-state index in [1.165, 1.54) is 0 Å². The maximum Gasteiger partial charge on any atom is 0.231 e. The van der Waals surface area contributed by atoms with E-state index in [0.717, 1.165) is 41.0 Å². The number of rotatable bonds is 4. The van der Waals surface area contributed by atoms with Gasteiger partial charge in [-0.2, -0.15) is 0 Å². The van der Waals surface area contributed by atoms with Gasteiger partial charge in [0.25, 0.3) is 0 Å². The van der Waals surface area contributed by atoms with Gasteiger partial charge in [0.1, 0.15) is 0 Å². The van der Waals surface area contributed by atoms with E-state index in [9.17, 15) is 0 Å². The third kappa shape index (κ3) is 3.59. The van der Waals surface area contributed by atoms with Gasteiger partial charge in [0.2, 0.25) is 6.79 Å². The molecule has 2 aliphatic heterocycles. The van der Waals surface area contributed by atoms with E-state index in [0.29, 0.717) is 19.0 Å². The van der Waals surface area contributed by atoms with Crippen LogP contribution in [0.5, 0.6) is 11.5 Å². The van der Waals surface area contributed by atoms with Crippen LogP contribution >= 0.6 is 15.9 Å². The van der Waals surface area contributed by atoms with Crippen LogP contribution in [0.3, 0.4) is 0 Å². The zero-order valence-electron chi connectivity index (χ0n) is 11.6. The van der Waals surface area contributed by atoms with Crippen LogP contribution in [0.1, 0.15) is 18.4 Å². The zero-order valence-corrected chi connectivity index (χ0v) is 13.2. The second kappa shape index (κ2) is 6.53. The van der Waals surface area contributed by atoms with E-state index in [-0.39, 0.29) is 12.9 Å². The standard InChI is InChI=1S/C14H18BrN3O3/c15-11-4-9(5-12-13(11)21-8-20-12)6-17-14(16)18-7-10-2-1-3-19-10/h4-5,10H,1-3,6-8H2,(H3,16,17,18). The fourth-order valence-corrected chi connectivity index (χ4v) is 2.97. The van der Waals surface area contributed by atoms with Crippen molar-refractivity contribution >= 4 is 21.9 Å². The van der Waals surface area contributed by atoms with Gasteiger partial charge in [-0.3, -0.25) is 0 Å². The minimum atomic E-state index is 0.249. The number of aliphatic imine (C=N–C) groups is 1. The molecule has 1 atom stereocenters. The third-order valence-electron chi connectivity index (χ3n) is 3.45. The molecule has 0 amide bonds. The van der Waals surface area contributed by atoms with Gasteiger partial charge in [-0.25, -0.2) is 4.99 Å². The number of guanidine groups is 1. The predicted molar refractivity (Wildman–Crippen MR) is 82.6 cm³/mol. The van der Waals surface area contributed by atoms with Crippen molar-refractivity contribution in [3.05, 3.63) is 22.2 Å². The Bertz CT molecular complexity index is 545. The first-order chi connectivity index (χ1) is 10.2. The van der Waals surface area contributed by atoms with Crippen LogP contribution in [0.2, 0.25) is 0 Å². The predicted octanol–water partition coefficient (Wildman–Crippen LogP) is 1.76. The molecule has 0 spiro atoms. The molecule has 1 saturated heterocycles. The van der Waals surface area contributed by atoms with Crippen LogP contribution in [0.4, 0.5) is 0 Å². The average molecular weight is 356 g/mol. The van der Waals surface area contributed by atoms with Crippen molar-refractivity contribution in [2.75, 3.05) is 19.9 Å². The summed E-state index contributed by atoms with van der Waals surface area (Å²) in [4.78, 5) is 4.33. The van der Waals surface area contributed by atoms with Crippen LogP contribution in [0.25, 0.3) is 0 Å². The summed E-state index contributed by atoms with van der Waals surface area (Å²) in [7, 11) is 0. The second-order valence-electron chi connectivity index (χ2n) is 5.03. The zero-order chi connectivity index (χ0) is 14.7. The molecule has 0 aromatic heterocycles. The number of hydrogen-bond donors (Lipinski definition) is 2. The van der Waals surface area contributed by atoms with Crippen molar-refractivity contribution in [3.63, 3.8) is 0 Å². The Morgan fingerprint density at radius 2 is 2.33 bits per heavy atom. The molecule has 0 aliphatic carbocycles. The summed E-state index contributed by atoms with van der Waals surface area (Å²) in [6.07, 6.45) is 2.45. The molecule has 1 unspecified atom stereocenters. The molecule has 0 radical (unpaired) electrons. The van der Waals surface area contributed by atoms with Crippen molar-refractivity contribution < 1.29 is 14.2 Å². The fraction of sp³-hybridized carbons (Fsp3) is 0.500. The third-order valence-corrected chi connectivity index (χ3v) is 4.04. The van der Waals surface area contributed by atoms with Crippen molar-refractivity contribution in [1.29, 1.82) is 0 Å². The van der Waals surface area contributed by atoms with Crippen LogP contribution in [0, 0.1) is 0 Å². The topological polar surface area (TPSA) is 78.1 Å². The maximum absolute atomic E-state index is 5.87. The first-order valence-electron chi connectivity index (χ1n) is 6.96. The molecule has 0 saturated carbocycles. The Morgan fingerprint density at radius 1 is 1.43 bits per heavy atom. The highest BCUT2D eigenvalue weighted by Crippen LogP contribution is 2.40. The summed E-state index contributed by atoms with van der Waals surface area (Å²) in [5.74, 6) is 1.91. The van der Waals surface area contributed by atoms with Gasteiger partial charge < -0.3 is 25.3 Å². The van der Waals surface area contributed by atoms with Crippen molar-refractivity contribution in [3.8, 4) is 11.5 Å². The Morgan fingerprint density at radius 3 is 3.14 bits per heavy atom. The molecule has 2 heterocycles. The SMILES string of the molecule is NC(=NCc1cc(Br)c2c(c1)OCO2)NCC1CCCO1. The quantitative estimate of drug-likeness (QED) is 0.635. The summed E-state index contributed by atoms with van der Waals surface area (Å²) >= 11 is 3.46. The Hall–Kier alpha value is -1.47. The van der Waals surface area contributed by atoms with Crippen LogP contribution < -0.4 is 20.5 Å². The van der Waals surface area contributed by atoms with Gasteiger partial charge >= 0.3 is 0 Å². The van der Waals surface area contributed by atoms with Gasteiger partial charge in [0.05, 0.1) is 17.1 Å². The van der Waals surface area contributed by atoms with Crippen molar-refractivity contribution in [2.45, 2.75) is 25.5 Å². The van der Waals surface area contributed by atoms with Crippen LogP contribution in [0.15, 0.2) is 21.6 Å². The molecular formula is C14H18BrN3O3. The maximum atomic E-state index is 5.87. The number of benzene rings is 1. The molecule has 0 bridgehead atoms.